The van der Waals surface area contributed by atoms with Gasteiger partial charge in [-0.15, -0.1) is 0 Å². The van der Waals surface area contributed by atoms with E-state index in [0.717, 1.165) is 0 Å². The number of nitro groups is 1. The zero-order valence-corrected chi connectivity index (χ0v) is 9.78. The Hall–Kier alpha value is -2.89. The van der Waals surface area contributed by atoms with Crippen molar-refractivity contribution >= 4 is 17.3 Å². The van der Waals surface area contributed by atoms with Crippen molar-refractivity contribution in [1.29, 1.82) is 0 Å². The topological polar surface area (TPSA) is 95.5 Å². The molecule has 2 N–H and O–H groups in total. The van der Waals surface area contributed by atoms with Crippen molar-refractivity contribution in [3.8, 4) is 5.75 Å². The average molecular weight is 258 g/mol. The molecule has 0 spiro atoms. The first-order valence-corrected chi connectivity index (χ1v) is 5.39. The summed E-state index contributed by atoms with van der Waals surface area (Å²) in [4.78, 5) is 22.0. The first-order valence-electron chi connectivity index (χ1n) is 5.39. The summed E-state index contributed by atoms with van der Waals surface area (Å²) in [5, 5.41) is 10.9. The molecular weight excluding hydrogens is 248 g/mol. The Balaban J connectivity index is 2.34. The third-order valence-electron chi connectivity index (χ3n) is 2.43. The second-order valence-electron chi connectivity index (χ2n) is 3.71. The molecule has 6 heteroatoms. The summed E-state index contributed by atoms with van der Waals surface area (Å²) in [6, 6.07) is 12.3. The third kappa shape index (κ3) is 2.68. The molecule has 19 heavy (non-hydrogen) atoms. The van der Waals surface area contributed by atoms with Crippen molar-refractivity contribution in [2.45, 2.75) is 0 Å². The number of carbonyl (C=O) groups excluding carboxylic acids is 1. The van der Waals surface area contributed by atoms with Gasteiger partial charge >= 0.3 is 11.7 Å². The standard InChI is InChI=1S/C13H10N2O4/c14-10-7-4-8-11(15(17)18)12(10)19-13(16)9-5-2-1-3-6-9/h1-8H,14H2. The van der Waals surface area contributed by atoms with E-state index in [9.17, 15) is 14.9 Å². The molecule has 0 bridgehead atoms. The smallest absolute Gasteiger partial charge is 0.343 e. The molecule has 0 unspecified atom stereocenters. The van der Waals surface area contributed by atoms with Crippen LogP contribution in [0.2, 0.25) is 0 Å². The Morgan fingerprint density at radius 1 is 1.11 bits per heavy atom. The molecule has 6 nitrogen and oxygen atoms in total. The van der Waals surface area contributed by atoms with Crippen LogP contribution in [-0.4, -0.2) is 10.9 Å². The van der Waals surface area contributed by atoms with Gasteiger partial charge in [0.15, 0.2) is 0 Å². The van der Waals surface area contributed by atoms with Gasteiger partial charge in [-0.3, -0.25) is 10.1 Å². The Bertz CT molecular complexity index is 626. The Morgan fingerprint density at radius 2 is 1.79 bits per heavy atom. The number of rotatable bonds is 3. The Labute approximate surface area is 108 Å². The van der Waals surface area contributed by atoms with Crippen molar-refractivity contribution in [2.24, 2.45) is 0 Å². The van der Waals surface area contributed by atoms with Crippen LogP contribution in [0.3, 0.4) is 0 Å². The van der Waals surface area contributed by atoms with Crippen molar-refractivity contribution in [3.63, 3.8) is 0 Å². The maximum Gasteiger partial charge on any atom is 0.343 e. The van der Waals surface area contributed by atoms with Crippen LogP contribution < -0.4 is 10.5 Å². The lowest BCUT2D eigenvalue weighted by atomic mass is 10.2. The zero-order chi connectivity index (χ0) is 13.8. The van der Waals surface area contributed by atoms with E-state index >= 15 is 0 Å². The number of hydrogen-bond donors (Lipinski definition) is 1. The number of hydrogen-bond acceptors (Lipinski definition) is 5. The van der Waals surface area contributed by atoms with E-state index in [1.54, 1.807) is 30.3 Å². The average Bonchev–Trinajstić information content (AvgIpc) is 2.41. The summed E-state index contributed by atoms with van der Waals surface area (Å²) in [5.41, 5.74) is 5.59. The minimum atomic E-state index is -0.693. The summed E-state index contributed by atoms with van der Waals surface area (Å²) in [6.45, 7) is 0. The number of nitro benzene ring substituents is 1. The van der Waals surface area contributed by atoms with Crippen molar-refractivity contribution in [2.75, 3.05) is 5.73 Å². The maximum atomic E-state index is 11.8. The van der Waals surface area contributed by atoms with Crippen LogP contribution in [0.25, 0.3) is 0 Å². The SMILES string of the molecule is Nc1cccc([N+](=O)[O-])c1OC(=O)c1ccccc1. The molecular formula is C13H10N2O4. The van der Waals surface area contributed by atoms with E-state index in [4.69, 9.17) is 10.5 Å². The first kappa shape index (κ1) is 12.6. The van der Waals surface area contributed by atoms with E-state index in [2.05, 4.69) is 0 Å². The van der Waals surface area contributed by atoms with E-state index in [0.29, 0.717) is 5.56 Å². The molecule has 0 aliphatic rings. The summed E-state index contributed by atoms with van der Waals surface area (Å²) >= 11 is 0. The lowest BCUT2D eigenvalue weighted by molar-refractivity contribution is -0.385. The molecule has 0 amide bonds. The van der Waals surface area contributed by atoms with Crippen molar-refractivity contribution in [3.05, 3.63) is 64.2 Å². The predicted molar refractivity (Wildman–Crippen MR) is 68.9 cm³/mol. The second-order valence-corrected chi connectivity index (χ2v) is 3.71. The highest BCUT2D eigenvalue weighted by atomic mass is 16.6. The number of ether oxygens (including phenoxy) is 1. The van der Waals surface area contributed by atoms with Crippen molar-refractivity contribution in [1.82, 2.24) is 0 Å². The van der Waals surface area contributed by atoms with Crippen LogP contribution in [-0.2, 0) is 0 Å². The molecule has 0 radical (unpaired) electrons. The molecule has 2 rings (SSSR count). The molecule has 0 aliphatic carbocycles. The third-order valence-corrected chi connectivity index (χ3v) is 2.43. The summed E-state index contributed by atoms with van der Waals surface area (Å²) in [7, 11) is 0. The van der Waals surface area contributed by atoms with Gasteiger partial charge in [0.25, 0.3) is 0 Å². The lowest BCUT2D eigenvalue weighted by Crippen LogP contribution is -2.11. The first-order chi connectivity index (χ1) is 9.09. The van der Waals surface area contributed by atoms with Gasteiger partial charge in [0.05, 0.1) is 16.2 Å². The van der Waals surface area contributed by atoms with Gasteiger partial charge in [-0.05, 0) is 18.2 Å². The Kier molecular flexibility index (Phi) is 3.42. The van der Waals surface area contributed by atoms with E-state index < -0.39 is 10.9 Å². The van der Waals surface area contributed by atoms with Gasteiger partial charge in [0, 0.05) is 6.07 Å². The highest BCUT2D eigenvalue weighted by Gasteiger charge is 2.21. The summed E-state index contributed by atoms with van der Waals surface area (Å²) in [6.07, 6.45) is 0. The highest BCUT2D eigenvalue weighted by Crippen LogP contribution is 2.33. The molecule has 2 aromatic carbocycles. The highest BCUT2D eigenvalue weighted by molar-refractivity contribution is 5.92. The maximum absolute atomic E-state index is 11.8. The fourth-order valence-corrected chi connectivity index (χ4v) is 1.52. The van der Waals surface area contributed by atoms with E-state index in [1.165, 1.54) is 18.2 Å². The number of anilines is 1. The summed E-state index contributed by atoms with van der Waals surface area (Å²) in [5.74, 6) is -0.928. The van der Waals surface area contributed by atoms with Gasteiger partial charge in [-0.25, -0.2) is 4.79 Å². The minimum absolute atomic E-state index is 0.0403. The van der Waals surface area contributed by atoms with Crippen molar-refractivity contribution < 1.29 is 14.5 Å². The van der Waals surface area contributed by atoms with Gasteiger partial charge < -0.3 is 10.5 Å². The van der Waals surface area contributed by atoms with Crippen LogP contribution in [0, 0.1) is 10.1 Å². The molecule has 0 aliphatic heterocycles. The number of nitrogen functional groups attached to an aromatic ring is 1. The number of benzene rings is 2. The molecule has 2 aromatic rings. The monoisotopic (exact) mass is 258 g/mol. The molecule has 0 fully saturated rings. The Morgan fingerprint density at radius 3 is 2.42 bits per heavy atom. The van der Waals surface area contributed by atoms with Crippen LogP contribution in [0.1, 0.15) is 10.4 Å². The molecule has 0 aromatic heterocycles. The normalized spacial score (nSPS) is 9.89. The van der Waals surface area contributed by atoms with Crippen LogP contribution >= 0.6 is 0 Å². The molecule has 0 saturated carbocycles. The number of para-hydroxylation sites is 1. The van der Waals surface area contributed by atoms with Gasteiger partial charge in [-0.1, -0.05) is 24.3 Å². The summed E-state index contributed by atoms with van der Waals surface area (Å²) < 4.78 is 5.02. The number of esters is 1. The molecule has 96 valence electrons. The minimum Gasteiger partial charge on any atom is -0.413 e. The quantitative estimate of drug-likeness (QED) is 0.300. The largest absolute Gasteiger partial charge is 0.413 e. The molecule has 0 saturated heterocycles. The fraction of sp³-hybridized carbons (Fsp3) is 0. The number of nitrogens with two attached hydrogens (primary N) is 1. The fourth-order valence-electron chi connectivity index (χ4n) is 1.52. The van der Waals surface area contributed by atoms with E-state index in [1.807, 2.05) is 0 Å². The van der Waals surface area contributed by atoms with E-state index in [-0.39, 0.29) is 17.1 Å². The van der Waals surface area contributed by atoms with Crippen LogP contribution in [0.15, 0.2) is 48.5 Å². The van der Waals surface area contributed by atoms with Gasteiger partial charge in [0.1, 0.15) is 0 Å². The molecule has 0 atom stereocenters. The number of nitrogens with zero attached hydrogens (tertiary/aromatic N) is 1. The molecule has 0 heterocycles. The van der Waals surface area contributed by atoms with Gasteiger partial charge in [-0.2, -0.15) is 0 Å². The number of carbonyl (C=O) groups is 1. The predicted octanol–water partition coefficient (Wildman–Crippen LogP) is 2.40. The van der Waals surface area contributed by atoms with Crippen LogP contribution in [0.4, 0.5) is 11.4 Å². The van der Waals surface area contributed by atoms with Gasteiger partial charge in [0.2, 0.25) is 5.75 Å². The zero-order valence-electron chi connectivity index (χ0n) is 9.78. The second kappa shape index (κ2) is 5.18. The van der Waals surface area contributed by atoms with Crippen LogP contribution in [0.5, 0.6) is 5.75 Å². The lowest BCUT2D eigenvalue weighted by Gasteiger charge is -2.07.